The number of thiol groups is 1. The molecule has 0 aliphatic heterocycles. The minimum absolute atomic E-state index is 0.0969. The molecule has 0 spiro atoms. The van der Waals surface area contributed by atoms with Gasteiger partial charge in [-0.25, -0.2) is 0 Å². The topological polar surface area (TPSA) is 29.1 Å². The van der Waals surface area contributed by atoms with E-state index in [1.807, 2.05) is 45.0 Å². The van der Waals surface area contributed by atoms with Crippen LogP contribution in [-0.4, -0.2) is 5.91 Å². The van der Waals surface area contributed by atoms with E-state index in [0.717, 1.165) is 21.7 Å². The number of anilines is 1. The van der Waals surface area contributed by atoms with Gasteiger partial charge >= 0.3 is 0 Å². The summed E-state index contributed by atoms with van der Waals surface area (Å²) < 4.78 is 0. The van der Waals surface area contributed by atoms with E-state index in [9.17, 15) is 4.79 Å². The fourth-order valence-electron chi connectivity index (χ4n) is 2.00. The monoisotopic (exact) mass is 271 g/mol. The van der Waals surface area contributed by atoms with Gasteiger partial charge in [0.2, 0.25) is 0 Å². The zero-order chi connectivity index (χ0) is 14.0. The molecule has 0 saturated heterocycles. The molecule has 1 N–H and O–H groups in total. The van der Waals surface area contributed by atoms with Gasteiger partial charge < -0.3 is 5.32 Å². The molecule has 0 heterocycles. The van der Waals surface area contributed by atoms with Gasteiger partial charge in [-0.1, -0.05) is 23.8 Å². The summed E-state index contributed by atoms with van der Waals surface area (Å²) in [6, 6.07) is 11.5. The maximum atomic E-state index is 12.3. The van der Waals surface area contributed by atoms with Crippen molar-refractivity contribution in [3.8, 4) is 0 Å². The standard InChI is InChI=1S/C16H17NOS/c1-10-4-7-15(12(3)8-10)17-16(18)14-9-13(19)6-5-11(14)2/h4-9,19H,1-3H3,(H,17,18). The fraction of sp³-hybridized carbons (Fsp3) is 0.188. The predicted octanol–water partition coefficient (Wildman–Crippen LogP) is 4.15. The van der Waals surface area contributed by atoms with Crippen molar-refractivity contribution < 1.29 is 4.79 Å². The van der Waals surface area contributed by atoms with Crippen molar-refractivity contribution >= 4 is 24.2 Å². The molecular formula is C16H17NOS. The maximum Gasteiger partial charge on any atom is 0.255 e. The third-order valence-electron chi connectivity index (χ3n) is 3.10. The van der Waals surface area contributed by atoms with Crippen molar-refractivity contribution in [1.29, 1.82) is 0 Å². The summed E-state index contributed by atoms with van der Waals surface area (Å²) in [5.74, 6) is -0.0969. The molecule has 3 heteroatoms. The molecule has 2 aromatic rings. The Morgan fingerprint density at radius 3 is 2.42 bits per heavy atom. The lowest BCUT2D eigenvalue weighted by molar-refractivity contribution is 0.102. The highest BCUT2D eigenvalue weighted by atomic mass is 32.1. The van der Waals surface area contributed by atoms with Gasteiger partial charge in [-0.15, -0.1) is 12.6 Å². The maximum absolute atomic E-state index is 12.3. The lowest BCUT2D eigenvalue weighted by atomic mass is 10.1. The van der Waals surface area contributed by atoms with E-state index in [1.54, 1.807) is 6.07 Å². The van der Waals surface area contributed by atoms with Gasteiger partial charge in [0.25, 0.3) is 5.91 Å². The van der Waals surface area contributed by atoms with Crippen LogP contribution >= 0.6 is 12.6 Å². The molecular weight excluding hydrogens is 254 g/mol. The predicted molar refractivity (Wildman–Crippen MR) is 82.3 cm³/mol. The van der Waals surface area contributed by atoms with Crippen LogP contribution in [0, 0.1) is 20.8 Å². The smallest absolute Gasteiger partial charge is 0.255 e. The molecule has 0 unspecified atom stereocenters. The van der Waals surface area contributed by atoms with E-state index in [1.165, 1.54) is 5.56 Å². The molecule has 0 bridgehead atoms. The summed E-state index contributed by atoms with van der Waals surface area (Å²) in [4.78, 5) is 13.1. The Balaban J connectivity index is 2.28. The second-order valence-electron chi connectivity index (χ2n) is 4.77. The van der Waals surface area contributed by atoms with Gasteiger partial charge in [0.05, 0.1) is 0 Å². The number of hydrogen-bond donors (Lipinski definition) is 2. The van der Waals surface area contributed by atoms with E-state index in [2.05, 4.69) is 24.0 Å². The third kappa shape index (κ3) is 3.18. The first-order chi connectivity index (χ1) is 8.97. The number of aryl methyl sites for hydroxylation is 3. The van der Waals surface area contributed by atoms with Crippen LogP contribution in [-0.2, 0) is 0 Å². The summed E-state index contributed by atoms with van der Waals surface area (Å²) in [6.07, 6.45) is 0. The summed E-state index contributed by atoms with van der Waals surface area (Å²) in [5.41, 5.74) is 4.70. The number of benzene rings is 2. The Morgan fingerprint density at radius 2 is 1.74 bits per heavy atom. The van der Waals surface area contributed by atoms with Crippen LogP contribution < -0.4 is 5.32 Å². The van der Waals surface area contributed by atoms with E-state index >= 15 is 0 Å². The average Bonchev–Trinajstić information content (AvgIpc) is 2.35. The van der Waals surface area contributed by atoms with Crippen LogP contribution in [0.5, 0.6) is 0 Å². The Hall–Kier alpha value is -1.74. The number of hydrogen-bond acceptors (Lipinski definition) is 2. The SMILES string of the molecule is Cc1ccc(NC(=O)c2cc(S)ccc2C)c(C)c1. The number of carbonyl (C=O) groups is 1. The van der Waals surface area contributed by atoms with Crippen molar-refractivity contribution in [3.63, 3.8) is 0 Å². The highest BCUT2D eigenvalue weighted by molar-refractivity contribution is 7.80. The number of carbonyl (C=O) groups excluding carboxylic acids is 1. The Kier molecular flexibility index (Phi) is 3.96. The number of amides is 1. The van der Waals surface area contributed by atoms with Crippen molar-refractivity contribution in [2.45, 2.75) is 25.7 Å². The van der Waals surface area contributed by atoms with Crippen molar-refractivity contribution in [2.75, 3.05) is 5.32 Å². The number of nitrogens with one attached hydrogen (secondary N) is 1. The largest absolute Gasteiger partial charge is 0.322 e. The highest BCUT2D eigenvalue weighted by Crippen LogP contribution is 2.19. The minimum Gasteiger partial charge on any atom is -0.322 e. The molecule has 19 heavy (non-hydrogen) atoms. The Bertz CT molecular complexity index is 635. The molecule has 2 rings (SSSR count). The molecule has 2 nitrogen and oxygen atoms in total. The first kappa shape index (κ1) is 13.7. The molecule has 1 amide bonds. The van der Waals surface area contributed by atoms with E-state index in [4.69, 9.17) is 0 Å². The highest BCUT2D eigenvalue weighted by Gasteiger charge is 2.10. The van der Waals surface area contributed by atoms with Gasteiger partial charge in [-0.2, -0.15) is 0 Å². The second-order valence-corrected chi connectivity index (χ2v) is 5.29. The molecule has 0 aromatic heterocycles. The lowest BCUT2D eigenvalue weighted by Crippen LogP contribution is -2.14. The van der Waals surface area contributed by atoms with Crippen molar-refractivity contribution in [2.24, 2.45) is 0 Å². The molecule has 0 saturated carbocycles. The summed E-state index contributed by atoms with van der Waals surface area (Å²) in [7, 11) is 0. The normalized spacial score (nSPS) is 10.3. The minimum atomic E-state index is -0.0969. The molecule has 2 aromatic carbocycles. The van der Waals surface area contributed by atoms with Gasteiger partial charge in [-0.05, 0) is 50.1 Å². The van der Waals surface area contributed by atoms with Crippen LogP contribution in [0.1, 0.15) is 27.0 Å². The Labute approximate surface area is 119 Å². The summed E-state index contributed by atoms with van der Waals surface area (Å²) >= 11 is 4.28. The van der Waals surface area contributed by atoms with Crippen LogP contribution in [0.15, 0.2) is 41.3 Å². The lowest BCUT2D eigenvalue weighted by Gasteiger charge is -2.11. The average molecular weight is 271 g/mol. The van der Waals surface area contributed by atoms with Gasteiger partial charge in [0.15, 0.2) is 0 Å². The quantitative estimate of drug-likeness (QED) is 0.789. The van der Waals surface area contributed by atoms with E-state index < -0.39 is 0 Å². The van der Waals surface area contributed by atoms with Gasteiger partial charge in [-0.3, -0.25) is 4.79 Å². The van der Waals surface area contributed by atoms with Crippen molar-refractivity contribution in [1.82, 2.24) is 0 Å². The van der Waals surface area contributed by atoms with E-state index in [-0.39, 0.29) is 5.91 Å². The van der Waals surface area contributed by atoms with Crippen LogP contribution in [0.4, 0.5) is 5.69 Å². The molecule has 0 radical (unpaired) electrons. The Morgan fingerprint density at radius 1 is 1.00 bits per heavy atom. The third-order valence-corrected chi connectivity index (χ3v) is 3.37. The molecule has 0 aliphatic carbocycles. The second kappa shape index (κ2) is 5.49. The zero-order valence-corrected chi connectivity index (χ0v) is 12.2. The van der Waals surface area contributed by atoms with Crippen molar-refractivity contribution in [3.05, 3.63) is 58.7 Å². The molecule has 98 valence electrons. The fourth-order valence-corrected chi connectivity index (χ4v) is 2.20. The zero-order valence-electron chi connectivity index (χ0n) is 11.3. The van der Waals surface area contributed by atoms with Gasteiger partial charge in [0, 0.05) is 16.1 Å². The summed E-state index contributed by atoms with van der Waals surface area (Å²) in [6.45, 7) is 5.95. The molecule has 0 atom stereocenters. The summed E-state index contributed by atoms with van der Waals surface area (Å²) in [5, 5.41) is 2.95. The first-order valence-corrected chi connectivity index (χ1v) is 6.60. The van der Waals surface area contributed by atoms with E-state index in [0.29, 0.717) is 5.56 Å². The van der Waals surface area contributed by atoms with Crippen LogP contribution in [0.3, 0.4) is 0 Å². The van der Waals surface area contributed by atoms with Crippen LogP contribution in [0.2, 0.25) is 0 Å². The van der Waals surface area contributed by atoms with Crippen LogP contribution in [0.25, 0.3) is 0 Å². The number of rotatable bonds is 2. The molecule has 0 fully saturated rings. The van der Waals surface area contributed by atoms with Gasteiger partial charge in [0.1, 0.15) is 0 Å². The molecule has 0 aliphatic rings. The first-order valence-electron chi connectivity index (χ1n) is 6.15.